The van der Waals surface area contributed by atoms with E-state index in [1.807, 2.05) is 6.92 Å². The van der Waals surface area contributed by atoms with Crippen molar-refractivity contribution in [2.45, 2.75) is 51.1 Å². The monoisotopic (exact) mass is 719 g/mol. The third-order valence-corrected chi connectivity index (χ3v) is 9.21. The van der Waals surface area contributed by atoms with Gasteiger partial charge in [0, 0.05) is 47.3 Å². The number of β-lactam (4-membered cyclic amide) rings is 1. The van der Waals surface area contributed by atoms with Gasteiger partial charge in [0.25, 0.3) is 28.8 Å². The Hall–Kier alpha value is -4.25. The first-order valence-corrected chi connectivity index (χ1v) is 15.9. The lowest BCUT2D eigenvalue weighted by atomic mass is 9.79. The number of thioether (sulfide) groups is 1. The van der Waals surface area contributed by atoms with Gasteiger partial charge in [0.1, 0.15) is 18.2 Å². The van der Waals surface area contributed by atoms with Crippen LogP contribution in [-0.4, -0.2) is 96.1 Å². The number of carbonyl (C=O) groups is 5. The molecule has 0 spiro atoms. The number of amides is 1. The molecule has 7 N–H and O–H groups in total. The lowest BCUT2D eigenvalue weighted by molar-refractivity contribution is -0.384. The molecule has 1 aromatic carbocycles. The molecular weight excluding hydrogens is 682 g/mol. The molecule has 3 heterocycles. The summed E-state index contributed by atoms with van der Waals surface area (Å²) in [4.78, 5) is 69.5. The zero-order valence-corrected chi connectivity index (χ0v) is 26.5. The summed E-state index contributed by atoms with van der Waals surface area (Å²) >= 11 is 1.33. The van der Waals surface area contributed by atoms with Gasteiger partial charge < -0.3 is 35.0 Å². The zero-order valence-electron chi connectivity index (χ0n) is 24.8. The predicted octanol–water partition coefficient (Wildman–Crippen LogP) is -0.781. The second-order valence-electron chi connectivity index (χ2n) is 10.2. The van der Waals surface area contributed by atoms with Crippen molar-refractivity contribution in [3.05, 3.63) is 63.1 Å². The first kappa shape index (κ1) is 41.8. The maximum atomic E-state index is 13.2. The SMILES string of the molecule is C.C[C@@H](O)[C@H]1C(=O)N2C(C(=O)OC(=O)c3ccc([N+](=O)[O-])cc3)=C(S[C@@H]3CN[C@H](CNS(N)(=O)=O)C3)[C@H](C)[C@H]12.O.O=CO/C=C\OC=O. The number of nitrogens with one attached hydrogen (secondary N) is 2. The lowest BCUT2D eigenvalue weighted by Gasteiger charge is -2.46. The third kappa shape index (κ3) is 10.4. The van der Waals surface area contributed by atoms with Gasteiger partial charge in [-0.15, -0.1) is 11.8 Å². The number of nitro groups is 1. The fourth-order valence-electron chi connectivity index (χ4n) is 5.13. The molecule has 0 aromatic heterocycles. The second-order valence-corrected chi connectivity index (χ2v) is 12.9. The molecule has 1 aromatic rings. The van der Waals surface area contributed by atoms with Gasteiger partial charge in [-0.1, -0.05) is 14.4 Å². The van der Waals surface area contributed by atoms with Crippen molar-refractivity contribution in [2.24, 2.45) is 17.0 Å². The van der Waals surface area contributed by atoms with Crippen molar-refractivity contribution in [1.82, 2.24) is 14.9 Å². The summed E-state index contributed by atoms with van der Waals surface area (Å²) in [5, 5.41) is 29.1. The van der Waals surface area contributed by atoms with Crippen LogP contribution >= 0.6 is 11.8 Å². The number of rotatable bonds is 13. The van der Waals surface area contributed by atoms with E-state index in [9.17, 15) is 47.6 Å². The standard InChI is InChI=1S/C22H27N5O9S2.C4H4O4.CH4.H2O/c1-10-17-16(11(2)28)20(29)26(17)18(19(10)37-15-7-13(24-9-15)8-25-38(23,34)35)22(31)36-21(30)12-3-5-14(6-4-12)27(32)33;5-3-7-1-2-8-4-6;;/h3-6,10-11,13,15-17,24-25,28H,7-9H2,1-2H3,(H2,23,34,35);1-4H;1H4;1H2/b;2-1-;;/t10-,11-,13+,15+,16-,17-;;;/m1.../s1. The largest absolute Gasteiger partial charge is 0.433 e. The summed E-state index contributed by atoms with van der Waals surface area (Å²) in [7, 11) is -3.85. The number of aliphatic hydroxyl groups excluding tert-OH is 1. The number of ether oxygens (including phenoxy) is 3. The zero-order chi connectivity index (χ0) is 34.2. The van der Waals surface area contributed by atoms with Gasteiger partial charge in [-0.05, 0) is 25.5 Å². The Morgan fingerprint density at radius 1 is 1.21 bits per heavy atom. The summed E-state index contributed by atoms with van der Waals surface area (Å²) in [6.07, 6.45) is 1.48. The molecule has 3 aliphatic rings. The summed E-state index contributed by atoms with van der Waals surface area (Å²) in [5.41, 5.74) is -0.390. The van der Waals surface area contributed by atoms with Crippen LogP contribution in [0.15, 0.2) is 47.4 Å². The van der Waals surface area contributed by atoms with Crippen molar-refractivity contribution in [1.29, 1.82) is 0 Å². The van der Waals surface area contributed by atoms with Crippen LogP contribution in [0.2, 0.25) is 0 Å². The highest BCUT2D eigenvalue weighted by Gasteiger charge is 2.60. The first-order valence-electron chi connectivity index (χ1n) is 13.5. The van der Waals surface area contributed by atoms with Crippen LogP contribution in [-0.2, 0) is 43.6 Å². The Balaban J connectivity index is 0.00000103. The van der Waals surface area contributed by atoms with Crippen LogP contribution < -0.4 is 15.2 Å². The van der Waals surface area contributed by atoms with E-state index in [-0.39, 0.29) is 66.5 Å². The Morgan fingerprint density at radius 2 is 1.79 bits per heavy atom. The van der Waals surface area contributed by atoms with Gasteiger partial charge in [0.15, 0.2) is 0 Å². The van der Waals surface area contributed by atoms with Gasteiger partial charge in [0.2, 0.25) is 5.91 Å². The van der Waals surface area contributed by atoms with E-state index >= 15 is 0 Å². The van der Waals surface area contributed by atoms with Crippen LogP contribution in [0.1, 0.15) is 38.1 Å². The topological polar surface area (TPSA) is 295 Å². The fourth-order valence-corrected chi connectivity index (χ4v) is 7.08. The Kier molecular flexibility index (Phi) is 16.0. The van der Waals surface area contributed by atoms with E-state index in [0.29, 0.717) is 17.9 Å². The van der Waals surface area contributed by atoms with Gasteiger partial charge in [0.05, 0.1) is 28.6 Å². The van der Waals surface area contributed by atoms with Gasteiger partial charge in [-0.2, -0.15) is 8.42 Å². The molecule has 21 heteroatoms. The molecule has 266 valence electrons. The van der Waals surface area contributed by atoms with Crippen molar-refractivity contribution < 1.29 is 62.1 Å². The minimum atomic E-state index is -3.85. The van der Waals surface area contributed by atoms with E-state index in [0.717, 1.165) is 36.8 Å². The molecule has 0 bridgehead atoms. The number of nitrogens with two attached hydrogens (primary N) is 1. The van der Waals surface area contributed by atoms with Crippen LogP contribution in [0.3, 0.4) is 0 Å². The number of hydrogen-bond donors (Lipinski definition) is 4. The molecule has 19 nitrogen and oxygen atoms in total. The molecule has 4 rings (SSSR count). The van der Waals surface area contributed by atoms with E-state index in [1.54, 1.807) is 0 Å². The predicted molar refractivity (Wildman–Crippen MR) is 168 cm³/mol. The van der Waals surface area contributed by atoms with Crippen molar-refractivity contribution in [3.8, 4) is 0 Å². The minimum Gasteiger partial charge on any atom is -0.433 e. The molecule has 2 fully saturated rings. The van der Waals surface area contributed by atoms with Gasteiger partial charge in [-0.25, -0.2) is 19.5 Å². The Bertz CT molecular complexity index is 1500. The van der Waals surface area contributed by atoms with E-state index in [2.05, 4.69) is 19.5 Å². The van der Waals surface area contributed by atoms with E-state index in [1.165, 1.54) is 23.6 Å². The molecule has 48 heavy (non-hydrogen) atoms. The normalized spacial score (nSPS) is 23.3. The van der Waals surface area contributed by atoms with Crippen LogP contribution in [0.4, 0.5) is 5.69 Å². The summed E-state index contributed by atoms with van der Waals surface area (Å²) in [6, 6.07) is 3.85. The number of hydrogen-bond acceptors (Lipinski definition) is 15. The Labute approximate surface area is 279 Å². The van der Waals surface area contributed by atoms with E-state index in [4.69, 9.17) is 9.88 Å². The summed E-state index contributed by atoms with van der Waals surface area (Å²) < 4.78 is 37.7. The average molecular weight is 720 g/mol. The molecule has 0 radical (unpaired) electrons. The number of fused-ring (bicyclic) bond motifs is 1. The third-order valence-electron chi connectivity index (χ3n) is 7.13. The quantitative estimate of drug-likeness (QED) is 0.0284. The highest BCUT2D eigenvalue weighted by molar-refractivity contribution is 8.03. The molecule has 2 saturated heterocycles. The molecule has 3 aliphatic heterocycles. The van der Waals surface area contributed by atoms with Crippen molar-refractivity contribution in [3.63, 3.8) is 0 Å². The van der Waals surface area contributed by atoms with Crippen LogP contribution in [0, 0.1) is 22.0 Å². The molecular formula is C27H37N5O14S2. The molecule has 0 aliphatic carbocycles. The maximum Gasteiger partial charge on any atom is 0.363 e. The average Bonchev–Trinajstić information content (AvgIpc) is 3.54. The molecule has 1 amide bonds. The maximum absolute atomic E-state index is 13.2. The Morgan fingerprint density at radius 3 is 2.29 bits per heavy atom. The number of aliphatic hydroxyl groups is 1. The number of nitro benzene ring substituents is 1. The summed E-state index contributed by atoms with van der Waals surface area (Å²) in [5.74, 6) is -3.59. The van der Waals surface area contributed by atoms with Gasteiger partial charge in [-0.3, -0.25) is 24.5 Å². The van der Waals surface area contributed by atoms with E-state index < -0.39 is 51.0 Å². The van der Waals surface area contributed by atoms with Crippen molar-refractivity contribution >= 4 is 58.4 Å². The number of carbonyl (C=O) groups excluding carboxylic acids is 5. The number of esters is 2. The van der Waals surface area contributed by atoms with Crippen molar-refractivity contribution in [2.75, 3.05) is 13.1 Å². The molecule has 0 saturated carbocycles. The highest BCUT2D eigenvalue weighted by atomic mass is 32.2. The first-order chi connectivity index (χ1) is 21.7. The van der Waals surface area contributed by atoms with Crippen LogP contribution in [0.5, 0.6) is 0 Å². The lowest BCUT2D eigenvalue weighted by Crippen LogP contribution is -2.63. The summed E-state index contributed by atoms with van der Waals surface area (Å²) in [6.45, 7) is 4.32. The van der Waals surface area contributed by atoms with Crippen LogP contribution in [0.25, 0.3) is 0 Å². The number of benzene rings is 1. The molecule has 6 atom stereocenters. The molecule has 0 unspecified atom stereocenters. The highest BCUT2D eigenvalue weighted by Crippen LogP contribution is 2.52. The fraction of sp³-hybridized carbons (Fsp3) is 0.444. The van der Waals surface area contributed by atoms with Gasteiger partial charge >= 0.3 is 11.9 Å². The minimum absolute atomic E-state index is 0. The smallest absolute Gasteiger partial charge is 0.363 e. The second kappa shape index (κ2) is 18.3. The number of nitrogens with zero attached hydrogens (tertiary/aromatic N) is 2. The number of non-ortho nitro benzene ring substituents is 1.